The Balaban J connectivity index is 1.90. The van der Waals surface area contributed by atoms with Crippen LogP contribution in [-0.2, 0) is 13.1 Å². The van der Waals surface area contributed by atoms with E-state index in [2.05, 4.69) is 20.1 Å². The van der Waals surface area contributed by atoms with Crippen LogP contribution in [0.25, 0.3) is 0 Å². The van der Waals surface area contributed by atoms with Crippen LogP contribution in [0.1, 0.15) is 28.9 Å². The summed E-state index contributed by atoms with van der Waals surface area (Å²) in [6.45, 7) is 3.59. The number of nitrogens with zero attached hydrogens (tertiary/aromatic N) is 3. The summed E-state index contributed by atoms with van der Waals surface area (Å²) in [7, 11) is 3.24. The molecule has 1 unspecified atom stereocenters. The molecule has 1 aromatic heterocycles. The van der Waals surface area contributed by atoms with E-state index in [9.17, 15) is 5.11 Å². The lowest BCUT2D eigenvalue weighted by Gasteiger charge is -2.33. The second-order valence-electron chi connectivity index (χ2n) is 5.38. The zero-order valence-corrected chi connectivity index (χ0v) is 13.0. The van der Waals surface area contributed by atoms with Gasteiger partial charge in [0.1, 0.15) is 17.3 Å². The molecular formula is C15H20N4O3. The van der Waals surface area contributed by atoms with E-state index in [1.54, 1.807) is 14.2 Å². The highest BCUT2D eigenvalue weighted by Crippen LogP contribution is 2.39. The van der Waals surface area contributed by atoms with E-state index in [0.717, 1.165) is 28.5 Å². The number of rotatable bonds is 4. The Hall–Kier alpha value is -2.12. The summed E-state index contributed by atoms with van der Waals surface area (Å²) < 4.78 is 10.8. The second kappa shape index (κ2) is 5.94. The molecule has 2 N–H and O–H groups in total. The van der Waals surface area contributed by atoms with E-state index in [1.807, 2.05) is 19.1 Å². The van der Waals surface area contributed by atoms with Crippen LogP contribution in [0.2, 0.25) is 0 Å². The number of nitrogens with one attached hydrogen (secondary N) is 1. The van der Waals surface area contributed by atoms with E-state index >= 15 is 0 Å². The lowest BCUT2D eigenvalue weighted by molar-refractivity contribution is 0.0829. The zero-order valence-electron chi connectivity index (χ0n) is 13.0. The lowest BCUT2D eigenvalue weighted by Crippen LogP contribution is -2.34. The van der Waals surface area contributed by atoms with Crippen LogP contribution in [0.15, 0.2) is 12.1 Å². The fraction of sp³-hybridized carbons (Fsp3) is 0.467. The molecule has 1 aromatic carbocycles. The van der Waals surface area contributed by atoms with Crippen LogP contribution < -0.4 is 9.47 Å². The third kappa shape index (κ3) is 2.65. The Morgan fingerprint density at radius 1 is 1.32 bits per heavy atom. The van der Waals surface area contributed by atoms with Gasteiger partial charge in [-0.2, -0.15) is 5.10 Å². The number of hydrogen-bond acceptors (Lipinski definition) is 6. The Bertz CT molecular complexity index is 671. The Morgan fingerprint density at radius 2 is 2.05 bits per heavy atom. The quantitative estimate of drug-likeness (QED) is 0.882. The highest BCUT2D eigenvalue weighted by atomic mass is 16.5. The van der Waals surface area contributed by atoms with Crippen LogP contribution >= 0.6 is 0 Å². The summed E-state index contributed by atoms with van der Waals surface area (Å²) in [6.07, 6.45) is -0.631. The summed E-state index contributed by atoms with van der Waals surface area (Å²) in [5.41, 5.74) is 1.76. The zero-order chi connectivity index (χ0) is 15.7. The van der Waals surface area contributed by atoms with Gasteiger partial charge in [0.05, 0.1) is 26.9 Å². The molecule has 7 heteroatoms. The topological polar surface area (TPSA) is 83.5 Å². The fourth-order valence-electron chi connectivity index (χ4n) is 2.93. The maximum Gasteiger partial charge on any atom is 0.164 e. The molecule has 0 radical (unpaired) electrons. The number of methoxy groups -OCH3 is 2. The average molecular weight is 304 g/mol. The smallest absolute Gasteiger partial charge is 0.164 e. The standard InChI is InChI=1S/C15H20N4O3/c1-9-16-14(18-17-9)8-19-6-10-12(21-2)4-5-13(22-3)15(10)11(20)7-19/h4-5,11,20H,6-8H2,1-3H3,(H,16,17,18). The monoisotopic (exact) mass is 304 g/mol. The van der Waals surface area contributed by atoms with Crippen molar-refractivity contribution >= 4 is 0 Å². The van der Waals surface area contributed by atoms with Crippen LogP contribution in [0.3, 0.4) is 0 Å². The molecule has 0 bridgehead atoms. The van der Waals surface area contributed by atoms with Gasteiger partial charge in [-0.05, 0) is 19.1 Å². The summed E-state index contributed by atoms with van der Waals surface area (Å²) >= 11 is 0. The van der Waals surface area contributed by atoms with Gasteiger partial charge in [-0.15, -0.1) is 0 Å². The Kier molecular flexibility index (Phi) is 4.00. The number of H-pyrrole nitrogens is 1. The van der Waals surface area contributed by atoms with Gasteiger partial charge in [0.2, 0.25) is 0 Å². The van der Waals surface area contributed by atoms with Crippen molar-refractivity contribution in [2.24, 2.45) is 0 Å². The molecule has 118 valence electrons. The number of benzene rings is 1. The maximum absolute atomic E-state index is 10.5. The van der Waals surface area contributed by atoms with Gasteiger partial charge in [0.15, 0.2) is 5.82 Å². The van der Waals surface area contributed by atoms with Crippen molar-refractivity contribution in [2.45, 2.75) is 26.1 Å². The van der Waals surface area contributed by atoms with Crippen molar-refractivity contribution in [1.29, 1.82) is 0 Å². The molecule has 0 aliphatic carbocycles. The van der Waals surface area contributed by atoms with Gasteiger partial charge in [-0.1, -0.05) is 0 Å². The molecule has 1 aliphatic heterocycles. The van der Waals surface area contributed by atoms with E-state index in [1.165, 1.54) is 0 Å². The number of β-amino-alcohol motifs (C(OH)–C–C–N with tert-alkyl or cyclic N) is 1. The van der Waals surface area contributed by atoms with Crippen LogP contribution in [-0.4, -0.2) is 46.0 Å². The van der Waals surface area contributed by atoms with Crippen molar-refractivity contribution in [3.05, 3.63) is 34.9 Å². The maximum atomic E-state index is 10.5. The molecule has 0 fully saturated rings. The van der Waals surface area contributed by atoms with Gasteiger partial charge in [0, 0.05) is 24.2 Å². The van der Waals surface area contributed by atoms with Crippen molar-refractivity contribution in [2.75, 3.05) is 20.8 Å². The first-order valence-corrected chi connectivity index (χ1v) is 7.14. The molecule has 2 heterocycles. The number of aryl methyl sites for hydroxylation is 1. The van der Waals surface area contributed by atoms with E-state index < -0.39 is 6.10 Å². The van der Waals surface area contributed by atoms with Crippen molar-refractivity contribution in [3.63, 3.8) is 0 Å². The molecule has 1 atom stereocenters. The van der Waals surface area contributed by atoms with Gasteiger partial charge in [-0.3, -0.25) is 10.00 Å². The number of aromatic amines is 1. The highest BCUT2D eigenvalue weighted by Gasteiger charge is 2.30. The Labute approximate surface area is 128 Å². The minimum atomic E-state index is -0.631. The molecule has 22 heavy (non-hydrogen) atoms. The number of ether oxygens (including phenoxy) is 2. The molecular weight excluding hydrogens is 284 g/mol. The third-order valence-corrected chi connectivity index (χ3v) is 3.87. The van der Waals surface area contributed by atoms with Gasteiger partial charge in [0.25, 0.3) is 0 Å². The van der Waals surface area contributed by atoms with E-state index in [0.29, 0.717) is 25.4 Å². The molecule has 0 amide bonds. The lowest BCUT2D eigenvalue weighted by atomic mass is 9.95. The summed E-state index contributed by atoms with van der Waals surface area (Å²) in [5.74, 6) is 2.95. The first-order chi connectivity index (χ1) is 10.6. The van der Waals surface area contributed by atoms with Gasteiger partial charge < -0.3 is 14.6 Å². The summed E-state index contributed by atoms with van der Waals surface area (Å²) in [5, 5.41) is 17.5. The van der Waals surface area contributed by atoms with Crippen molar-refractivity contribution < 1.29 is 14.6 Å². The molecule has 7 nitrogen and oxygen atoms in total. The molecule has 0 saturated heterocycles. The van der Waals surface area contributed by atoms with Crippen LogP contribution in [0.5, 0.6) is 11.5 Å². The third-order valence-electron chi connectivity index (χ3n) is 3.87. The number of hydrogen-bond donors (Lipinski definition) is 2. The van der Waals surface area contributed by atoms with E-state index in [4.69, 9.17) is 9.47 Å². The van der Waals surface area contributed by atoms with Crippen molar-refractivity contribution in [1.82, 2.24) is 20.1 Å². The highest BCUT2D eigenvalue weighted by molar-refractivity contribution is 5.51. The van der Waals surface area contributed by atoms with Crippen LogP contribution in [0, 0.1) is 6.92 Å². The number of fused-ring (bicyclic) bond motifs is 1. The second-order valence-corrected chi connectivity index (χ2v) is 5.38. The molecule has 1 aliphatic rings. The number of aliphatic hydroxyl groups is 1. The largest absolute Gasteiger partial charge is 0.496 e. The van der Waals surface area contributed by atoms with Gasteiger partial charge in [-0.25, -0.2) is 4.98 Å². The molecule has 2 aromatic rings. The predicted octanol–water partition coefficient (Wildman–Crippen LogP) is 1.18. The normalized spacial score (nSPS) is 18.1. The summed E-state index contributed by atoms with van der Waals surface area (Å²) in [6, 6.07) is 3.69. The Morgan fingerprint density at radius 3 is 2.68 bits per heavy atom. The van der Waals surface area contributed by atoms with Crippen molar-refractivity contribution in [3.8, 4) is 11.5 Å². The fourth-order valence-corrected chi connectivity index (χ4v) is 2.93. The molecule has 3 rings (SSSR count). The SMILES string of the molecule is COc1ccc(OC)c2c1CN(Cc1n[nH]c(C)n1)CC2O. The minimum absolute atomic E-state index is 0.504. The predicted molar refractivity (Wildman–Crippen MR) is 79.7 cm³/mol. The first kappa shape index (κ1) is 14.8. The molecule has 0 saturated carbocycles. The van der Waals surface area contributed by atoms with Crippen LogP contribution in [0.4, 0.5) is 0 Å². The molecule has 0 spiro atoms. The first-order valence-electron chi connectivity index (χ1n) is 7.14. The van der Waals surface area contributed by atoms with E-state index in [-0.39, 0.29) is 0 Å². The summed E-state index contributed by atoms with van der Waals surface area (Å²) in [4.78, 5) is 6.41. The average Bonchev–Trinajstić information content (AvgIpc) is 2.91. The minimum Gasteiger partial charge on any atom is -0.496 e. The number of aromatic nitrogens is 3. The number of aliphatic hydroxyl groups excluding tert-OH is 1. The van der Waals surface area contributed by atoms with Gasteiger partial charge >= 0.3 is 0 Å².